The third kappa shape index (κ3) is 2.47. The van der Waals surface area contributed by atoms with E-state index in [2.05, 4.69) is 18.8 Å². The van der Waals surface area contributed by atoms with Crippen LogP contribution in [0.15, 0.2) is 12.1 Å². The van der Waals surface area contributed by atoms with Gasteiger partial charge in [-0.25, -0.2) is 13.8 Å². The minimum atomic E-state index is -0.860. The van der Waals surface area contributed by atoms with Crippen molar-refractivity contribution in [3.63, 3.8) is 0 Å². The first-order valence-electron chi connectivity index (χ1n) is 6.67. The Labute approximate surface area is 111 Å². The lowest BCUT2D eigenvalue weighted by molar-refractivity contribution is 0.510. The van der Waals surface area contributed by atoms with E-state index >= 15 is 0 Å². The third-order valence-corrected chi connectivity index (χ3v) is 3.52. The topological polar surface area (TPSA) is 43.8 Å². The Kier molecular flexibility index (Phi) is 4.14. The summed E-state index contributed by atoms with van der Waals surface area (Å²) in [6.07, 6.45) is 1.88. The molecule has 0 spiro atoms. The number of nitrogens with two attached hydrogens (primary N) is 1. The highest BCUT2D eigenvalue weighted by Gasteiger charge is 2.19. The molecule has 0 aliphatic rings. The summed E-state index contributed by atoms with van der Waals surface area (Å²) in [6.45, 7) is 5.17. The molecular formula is C14H19F2N3. The first-order chi connectivity index (χ1) is 9.12. The van der Waals surface area contributed by atoms with Gasteiger partial charge in [-0.3, -0.25) is 0 Å². The monoisotopic (exact) mass is 267 g/mol. The van der Waals surface area contributed by atoms with Crippen molar-refractivity contribution in [1.82, 2.24) is 9.55 Å². The molecule has 0 unspecified atom stereocenters. The van der Waals surface area contributed by atoms with Gasteiger partial charge < -0.3 is 10.3 Å². The van der Waals surface area contributed by atoms with Crippen LogP contribution >= 0.6 is 0 Å². The van der Waals surface area contributed by atoms with Crippen molar-refractivity contribution < 1.29 is 8.78 Å². The number of imidazole rings is 1. The van der Waals surface area contributed by atoms with Crippen molar-refractivity contribution >= 4 is 11.0 Å². The molecule has 1 aromatic carbocycles. The second-order valence-electron chi connectivity index (χ2n) is 4.68. The van der Waals surface area contributed by atoms with E-state index in [0.717, 1.165) is 24.7 Å². The molecule has 0 amide bonds. The van der Waals surface area contributed by atoms with Crippen LogP contribution in [0.2, 0.25) is 0 Å². The molecule has 0 atom stereocenters. The minimum Gasteiger partial charge on any atom is -0.329 e. The van der Waals surface area contributed by atoms with Gasteiger partial charge in [0.05, 0.1) is 11.0 Å². The summed E-state index contributed by atoms with van der Waals surface area (Å²) in [5, 5.41) is 0. The Bertz CT molecular complexity index is 574. The van der Waals surface area contributed by atoms with E-state index in [1.165, 1.54) is 6.07 Å². The Morgan fingerprint density at radius 1 is 1.21 bits per heavy atom. The van der Waals surface area contributed by atoms with Crippen LogP contribution in [0.3, 0.4) is 0 Å². The van der Waals surface area contributed by atoms with Crippen molar-refractivity contribution in [3.05, 3.63) is 29.6 Å². The van der Waals surface area contributed by atoms with Crippen molar-refractivity contribution in [3.8, 4) is 0 Å². The molecule has 2 aromatic rings. The van der Waals surface area contributed by atoms with Crippen LogP contribution in [0, 0.1) is 11.6 Å². The zero-order valence-electron chi connectivity index (χ0n) is 11.3. The van der Waals surface area contributed by atoms with Gasteiger partial charge in [-0.05, 0) is 12.8 Å². The molecule has 3 nitrogen and oxygen atoms in total. The molecule has 0 saturated heterocycles. The van der Waals surface area contributed by atoms with Crippen LogP contribution < -0.4 is 5.73 Å². The SMILES string of the molecule is CCC(CC)c1nc2cc(F)c(F)cc2n1CCN. The number of halogens is 2. The average molecular weight is 267 g/mol. The van der Waals surface area contributed by atoms with E-state index < -0.39 is 11.6 Å². The van der Waals surface area contributed by atoms with Crippen molar-refractivity contribution in [2.75, 3.05) is 6.54 Å². The van der Waals surface area contributed by atoms with Gasteiger partial charge in [-0.2, -0.15) is 0 Å². The molecule has 0 fully saturated rings. The van der Waals surface area contributed by atoms with Crippen molar-refractivity contribution in [1.29, 1.82) is 0 Å². The number of rotatable bonds is 5. The third-order valence-electron chi connectivity index (χ3n) is 3.52. The Morgan fingerprint density at radius 3 is 2.42 bits per heavy atom. The Hall–Kier alpha value is -1.49. The predicted octanol–water partition coefficient (Wildman–Crippen LogP) is 3.18. The van der Waals surface area contributed by atoms with E-state index in [0.29, 0.717) is 24.1 Å². The maximum atomic E-state index is 13.4. The molecule has 104 valence electrons. The lowest BCUT2D eigenvalue weighted by Gasteiger charge is -2.14. The summed E-state index contributed by atoms with van der Waals surface area (Å²) in [5.41, 5.74) is 6.73. The van der Waals surface area contributed by atoms with Crippen LogP contribution in [0.25, 0.3) is 11.0 Å². The minimum absolute atomic E-state index is 0.282. The van der Waals surface area contributed by atoms with E-state index in [-0.39, 0.29) is 5.92 Å². The lowest BCUT2D eigenvalue weighted by atomic mass is 10.0. The summed E-state index contributed by atoms with van der Waals surface area (Å²) in [7, 11) is 0. The molecule has 5 heteroatoms. The first kappa shape index (κ1) is 13.9. The number of hydrogen-bond acceptors (Lipinski definition) is 2. The van der Waals surface area contributed by atoms with Gasteiger partial charge in [-0.15, -0.1) is 0 Å². The largest absolute Gasteiger partial charge is 0.329 e. The van der Waals surface area contributed by atoms with Crippen LogP contribution in [0.4, 0.5) is 8.78 Å². The number of hydrogen-bond donors (Lipinski definition) is 1. The number of fused-ring (bicyclic) bond motifs is 1. The van der Waals surface area contributed by atoms with Gasteiger partial charge >= 0.3 is 0 Å². The van der Waals surface area contributed by atoms with Crippen molar-refractivity contribution in [2.24, 2.45) is 5.73 Å². The highest BCUT2D eigenvalue weighted by atomic mass is 19.2. The van der Waals surface area contributed by atoms with E-state index in [9.17, 15) is 8.78 Å². The first-order valence-corrected chi connectivity index (χ1v) is 6.67. The molecule has 2 rings (SSSR count). The van der Waals surface area contributed by atoms with Gasteiger partial charge in [0.1, 0.15) is 5.82 Å². The zero-order valence-corrected chi connectivity index (χ0v) is 11.3. The summed E-state index contributed by atoms with van der Waals surface area (Å²) >= 11 is 0. The summed E-state index contributed by atoms with van der Waals surface area (Å²) in [6, 6.07) is 2.36. The molecule has 0 aliphatic heterocycles. The lowest BCUT2D eigenvalue weighted by Crippen LogP contribution is -2.14. The molecule has 0 bridgehead atoms. The maximum absolute atomic E-state index is 13.4. The van der Waals surface area contributed by atoms with Gasteiger partial charge in [0.25, 0.3) is 0 Å². The predicted molar refractivity (Wildman–Crippen MR) is 72.0 cm³/mol. The zero-order chi connectivity index (χ0) is 14.0. The summed E-state index contributed by atoms with van der Waals surface area (Å²) in [4.78, 5) is 4.48. The summed E-state index contributed by atoms with van der Waals surface area (Å²) < 4.78 is 28.6. The fourth-order valence-corrected chi connectivity index (χ4v) is 2.47. The fourth-order valence-electron chi connectivity index (χ4n) is 2.47. The van der Waals surface area contributed by atoms with E-state index in [1.807, 2.05) is 4.57 Å². The van der Waals surface area contributed by atoms with Crippen LogP contribution in [-0.2, 0) is 6.54 Å². The van der Waals surface area contributed by atoms with Crippen LogP contribution in [0.5, 0.6) is 0 Å². The van der Waals surface area contributed by atoms with Gasteiger partial charge in [0.15, 0.2) is 11.6 Å². The quantitative estimate of drug-likeness (QED) is 0.904. The molecular weight excluding hydrogens is 248 g/mol. The van der Waals surface area contributed by atoms with Crippen LogP contribution in [-0.4, -0.2) is 16.1 Å². The molecule has 2 N–H and O–H groups in total. The molecule has 1 heterocycles. The molecule has 0 radical (unpaired) electrons. The molecule has 0 saturated carbocycles. The van der Waals surface area contributed by atoms with E-state index in [1.54, 1.807) is 0 Å². The smallest absolute Gasteiger partial charge is 0.161 e. The van der Waals surface area contributed by atoms with Gasteiger partial charge in [0, 0.05) is 31.1 Å². The van der Waals surface area contributed by atoms with E-state index in [4.69, 9.17) is 5.73 Å². The average Bonchev–Trinajstić information content (AvgIpc) is 2.71. The second-order valence-corrected chi connectivity index (χ2v) is 4.68. The number of aromatic nitrogens is 2. The normalized spacial score (nSPS) is 11.7. The number of nitrogens with zero attached hydrogens (tertiary/aromatic N) is 2. The maximum Gasteiger partial charge on any atom is 0.161 e. The summed E-state index contributed by atoms with van der Waals surface area (Å²) in [5.74, 6) is -0.553. The molecule has 0 aliphatic carbocycles. The van der Waals surface area contributed by atoms with Gasteiger partial charge in [-0.1, -0.05) is 13.8 Å². The van der Waals surface area contributed by atoms with Crippen molar-refractivity contribution in [2.45, 2.75) is 39.2 Å². The highest BCUT2D eigenvalue weighted by molar-refractivity contribution is 5.76. The highest BCUT2D eigenvalue weighted by Crippen LogP contribution is 2.27. The Balaban J connectivity index is 2.65. The molecule has 1 aromatic heterocycles. The second kappa shape index (κ2) is 5.65. The number of benzene rings is 1. The van der Waals surface area contributed by atoms with Crippen LogP contribution in [0.1, 0.15) is 38.4 Å². The van der Waals surface area contributed by atoms with Gasteiger partial charge in [0.2, 0.25) is 0 Å². The Morgan fingerprint density at radius 2 is 1.84 bits per heavy atom. The standard InChI is InChI=1S/C14H19F2N3/c1-3-9(4-2)14-18-12-7-10(15)11(16)8-13(12)19(14)6-5-17/h7-9H,3-6,17H2,1-2H3. The molecule has 19 heavy (non-hydrogen) atoms. The fraction of sp³-hybridized carbons (Fsp3) is 0.500.